The molecule has 0 saturated carbocycles. The van der Waals surface area contributed by atoms with Gasteiger partial charge in [-0.3, -0.25) is 4.79 Å². The van der Waals surface area contributed by atoms with Gasteiger partial charge in [0.1, 0.15) is 6.61 Å². The molecule has 1 heterocycles. The Labute approximate surface area is 94.1 Å². The van der Waals surface area contributed by atoms with E-state index in [2.05, 4.69) is 0 Å². The fourth-order valence-electron chi connectivity index (χ4n) is 1.60. The zero-order valence-electron chi connectivity index (χ0n) is 9.36. The number of carbonyl (C=O) groups is 1. The van der Waals surface area contributed by atoms with Crippen LogP contribution < -0.4 is 9.47 Å². The second kappa shape index (κ2) is 4.53. The van der Waals surface area contributed by atoms with Crippen LogP contribution in [0.15, 0.2) is 18.2 Å². The molecule has 4 nitrogen and oxygen atoms in total. The van der Waals surface area contributed by atoms with Crippen molar-refractivity contribution >= 4 is 5.78 Å². The van der Waals surface area contributed by atoms with Crippen molar-refractivity contribution in [3.8, 4) is 11.5 Å². The second-order valence-electron chi connectivity index (χ2n) is 3.72. The molecule has 0 amide bonds. The SMILES string of the molecule is COCC1COc2cc(C(C)=O)ccc2O1. The highest BCUT2D eigenvalue weighted by atomic mass is 16.6. The molecule has 0 saturated heterocycles. The van der Waals surface area contributed by atoms with Gasteiger partial charge in [0.05, 0.1) is 6.61 Å². The first-order valence-electron chi connectivity index (χ1n) is 5.14. The lowest BCUT2D eigenvalue weighted by Gasteiger charge is -2.26. The van der Waals surface area contributed by atoms with Crippen LogP contribution in [0.5, 0.6) is 11.5 Å². The van der Waals surface area contributed by atoms with Gasteiger partial charge in [-0.05, 0) is 25.1 Å². The van der Waals surface area contributed by atoms with Crippen LogP contribution >= 0.6 is 0 Å². The minimum absolute atomic E-state index is 0.0189. The maximum Gasteiger partial charge on any atom is 0.162 e. The highest BCUT2D eigenvalue weighted by Gasteiger charge is 2.21. The Morgan fingerprint density at radius 3 is 3.00 bits per heavy atom. The number of carbonyl (C=O) groups excluding carboxylic acids is 1. The number of fused-ring (bicyclic) bond motifs is 1. The van der Waals surface area contributed by atoms with E-state index in [1.165, 1.54) is 6.92 Å². The van der Waals surface area contributed by atoms with E-state index in [-0.39, 0.29) is 11.9 Å². The van der Waals surface area contributed by atoms with Crippen molar-refractivity contribution in [2.75, 3.05) is 20.3 Å². The van der Waals surface area contributed by atoms with Gasteiger partial charge >= 0.3 is 0 Å². The molecule has 0 aliphatic carbocycles. The third-order valence-electron chi connectivity index (χ3n) is 2.42. The molecule has 86 valence electrons. The lowest BCUT2D eigenvalue weighted by atomic mass is 10.1. The summed E-state index contributed by atoms with van der Waals surface area (Å²) >= 11 is 0. The predicted molar refractivity (Wildman–Crippen MR) is 58.2 cm³/mol. The molecular weight excluding hydrogens is 208 g/mol. The summed E-state index contributed by atoms with van der Waals surface area (Å²) in [6.07, 6.45) is -0.0827. The fourth-order valence-corrected chi connectivity index (χ4v) is 1.60. The average molecular weight is 222 g/mol. The summed E-state index contributed by atoms with van der Waals surface area (Å²) in [5, 5.41) is 0. The molecule has 1 aromatic rings. The van der Waals surface area contributed by atoms with Crippen molar-refractivity contribution in [2.45, 2.75) is 13.0 Å². The van der Waals surface area contributed by atoms with E-state index in [4.69, 9.17) is 14.2 Å². The topological polar surface area (TPSA) is 44.8 Å². The Morgan fingerprint density at radius 2 is 2.31 bits per heavy atom. The maximum atomic E-state index is 11.2. The highest BCUT2D eigenvalue weighted by molar-refractivity contribution is 5.94. The van der Waals surface area contributed by atoms with Crippen molar-refractivity contribution < 1.29 is 19.0 Å². The summed E-state index contributed by atoms with van der Waals surface area (Å²) in [4.78, 5) is 11.2. The van der Waals surface area contributed by atoms with Crippen LogP contribution in [0.1, 0.15) is 17.3 Å². The van der Waals surface area contributed by atoms with Crippen molar-refractivity contribution in [3.05, 3.63) is 23.8 Å². The molecule has 0 aromatic heterocycles. The molecule has 1 aromatic carbocycles. The second-order valence-corrected chi connectivity index (χ2v) is 3.72. The average Bonchev–Trinajstić information content (AvgIpc) is 2.28. The van der Waals surface area contributed by atoms with E-state index >= 15 is 0 Å². The fraction of sp³-hybridized carbons (Fsp3) is 0.417. The quantitative estimate of drug-likeness (QED) is 0.730. The molecule has 0 N–H and O–H groups in total. The molecule has 0 spiro atoms. The van der Waals surface area contributed by atoms with Crippen molar-refractivity contribution in [1.29, 1.82) is 0 Å². The van der Waals surface area contributed by atoms with Crippen LogP contribution in [0.2, 0.25) is 0 Å². The summed E-state index contributed by atoms with van der Waals surface area (Å²) in [6.45, 7) is 2.47. The van der Waals surface area contributed by atoms with Gasteiger partial charge in [-0.1, -0.05) is 0 Å². The third kappa shape index (κ3) is 2.17. The molecule has 4 heteroatoms. The molecule has 1 atom stereocenters. The molecule has 1 aliphatic heterocycles. The van der Waals surface area contributed by atoms with Crippen molar-refractivity contribution in [1.82, 2.24) is 0 Å². The molecule has 0 radical (unpaired) electrons. The Bertz CT molecular complexity index is 400. The van der Waals surface area contributed by atoms with Crippen molar-refractivity contribution in [3.63, 3.8) is 0 Å². The molecular formula is C12H14O4. The summed E-state index contributed by atoms with van der Waals surface area (Å²) < 4.78 is 16.2. The molecule has 2 rings (SSSR count). The Morgan fingerprint density at radius 1 is 1.50 bits per heavy atom. The predicted octanol–water partition coefficient (Wildman–Crippen LogP) is 1.68. The molecule has 1 unspecified atom stereocenters. The zero-order chi connectivity index (χ0) is 11.5. The normalized spacial score (nSPS) is 18.2. The zero-order valence-corrected chi connectivity index (χ0v) is 9.36. The molecule has 1 aliphatic rings. The molecule has 16 heavy (non-hydrogen) atoms. The Balaban J connectivity index is 2.19. The van der Waals surface area contributed by atoms with Gasteiger partial charge in [0.25, 0.3) is 0 Å². The lowest BCUT2D eigenvalue weighted by Crippen LogP contribution is -2.33. The van der Waals surface area contributed by atoms with Crippen LogP contribution in [-0.2, 0) is 4.74 Å². The lowest BCUT2D eigenvalue weighted by molar-refractivity contribution is 0.0271. The van der Waals surface area contributed by atoms with E-state index in [0.29, 0.717) is 30.3 Å². The van der Waals surface area contributed by atoms with Gasteiger partial charge in [0.2, 0.25) is 0 Å². The third-order valence-corrected chi connectivity index (χ3v) is 2.42. The Hall–Kier alpha value is -1.55. The summed E-state index contributed by atoms with van der Waals surface area (Å²) in [5.74, 6) is 1.31. The number of hydrogen-bond acceptors (Lipinski definition) is 4. The van der Waals surface area contributed by atoms with Gasteiger partial charge < -0.3 is 14.2 Å². The first kappa shape index (κ1) is 11.0. The van der Waals surface area contributed by atoms with Crippen LogP contribution in [-0.4, -0.2) is 32.2 Å². The van der Waals surface area contributed by atoms with Crippen LogP contribution in [0, 0.1) is 0 Å². The number of methoxy groups -OCH3 is 1. The van der Waals surface area contributed by atoms with Crippen molar-refractivity contribution in [2.24, 2.45) is 0 Å². The van der Waals surface area contributed by atoms with Gasteiger partial charge in [0.15, 0.2) is 23.4 Å². The van der Waals surface area contributed by atoms with Gasteiger partial charge in [0, 0.05) is 12.7 Å². The van der Waals surface area contributed by atoms with Gasteiger partial charge in [-0.2, -0.15) is 0 Å². The largest absolute Gasteiger partial charge is 0.486 e. The number of rotatable bonds is 3. The first-order valence-corrected chi connectivity index (χ1v) is 5.14. The summed E-state index contributed by atoms with van der Waals surface area (Å²) in [5.41, 5.74) is 0.632. The highest BCUT2D eigenvalue weighted by Crippen LogP contribution is 2.32. The smallest absolute Gasteiger partial charge is 0.162 e. The molecule has 0 bridgehead atoms. The first-order chi connectivity index (χ1) is 7.70. The number of benzene rings is 1. The van der Waals surface area contributed by atoms with E-state index in [1.807, 2.05) is 0 Å². The number of Topliss-reactive ketones (excluding diaryl/α,β-unsaturated/α-hetero) is 1. The summed E-state index contributed by atoms with van der Waals surface area (Å²) in [7, 11) is 1.62. The van der Waals surface area contributed by atoms with Crippen LogP contribution in [0.4, 0.5) is 0 Å². The maximum absolute atomic E-state index is 11.2. The number of ether oxygens (including phenoxy) is 3. The van der Waals surface area contributed by atoms with E-state index in [9.17, 15) is 4.79 Å². The van der Waals surface area contributed by atoms with E-state index in [0.717, 1.165) is 0 Å². The summed E-state index contributed by atoms with van der Waals surface area (Å²) in [6, 6.07) is 5.20. The monoisotopic (exact) mass is 222 g/mol. The minimum atomic E-state index is -0.0827. The van der Waals surface area contributed by atoms with Gasteiger partial charge in [-0.15, -0.1) is 0 Å². The number of ketones is 1. The van der Waals surface area contributed by atoms with Gasteiger partial charge in [-0.25, -0.2) is 0 Å². The minimum Gasteiger partial charge on any atom is -0.486 e. The van der Waals surface area contributed by atoms with Crippen LogP contribution in [0.3, 0.4) is 0 Å². The molecule has 0 fully saturated rings. The Kier molecular flexibility index (Phi) is 3.10. The van der Waals surface area contributed by atoms with Crippen LogP contribution in [0.25, 0.3) is 0 Å². The standard InChI is InChI=1S/C12H14O4/c1-8(13)9-3-4-11-12(5-9)15-7-10(16-11)6-14-2/h3-5,10H,6-7H2,1-2H3. The van der Waals surface area contributed by atoms with E-state index in [1.54, 1.807) is 25.3 Å². The van der Waals surface area contributed by atoms with E-state index < -0.39 is 0 Å². The number of hydrogen-bond donors (Lipinski definition) is 0.